The Morgan fingerprint density at radius 2 is 1.35 bits per heavy atom. The number of fused-ring (bicyclic) bond motifs is 1. The van der Waals surface area contributed by atoms with Gasteiger partial charge in [-0.05, 0) is 53.4 Å². The maximum atomic E-state index is 3.23. The lowest BCUT2D eigenvalue weighted by Crippen LogP contribution is -1.78. The average Bonchev–Trinajstić information content (AvgIpc) is 2.53. The molecule has 0 N–H and O–H groups in total. The first-order chi connectivity index (χ1) is 9.85. The molecule has 0 nitrogen and oxygen atoms in total. The lowest BCUT2D eigenvalue weighted by Gasteiger charge is -1.97. The minimum Gasteiger partial charge on any atom is -0.130 e. The molecule has 0 saturated heterocycles. The summed E-state index contributed by atoms with van der Waals surface area (Å²) in [6, 6.07) is 23.0. The molecule has 96 valence electrons. The molecule has 0 unspecified atom stereocenters. The zero-order valence-electron chi connectivity index (χ0n) is 11.3. The summed E-state index contributed by atoms with van der Waals surface area (Å²) in [5.41, 5.74) is 2.11. The monoisotopic (exact) mass is 274 g/mol. The maximum absolute atomic E-state index is 3.23. The zero-order chi connectivity index (χ0) is 13.8. The van der Waals surface area contributed by atoms with E-state index in [0.29, 0.717) is 0 Å². The van der Waals surface area contributed by atoms with Crippen LogP contribution in [0, 0.1) is 11.8 Å². The third-order valence-electron chi connectivity index (χ3n) is 3.19. The van der Waals surface area contributed by atoms with Gasteiger partial charge in [0.2, 0.25) is 0 Å². The van der Waals surface area contributed by atoms with Crippen LogP contribution in [0.1, 0.15) is 11.1 Å². The van der Waals surface area contributed by atoms with Crippen molar-refractivity contribution in [3.05, 3.63) is 77.9 Å². The Kier molecular flexibility index (Phi) is 3.76. The SMILES string of the molecule is CSc1ccc(C#Cc2ccc3ccccc3c2)cc1. The Hall–Kier alpha value is -2.17. The van der Waals surface area contributed by atoms with Crippen LogP contribution in [0.4, 0.5) is 0 Å². The van der Waals surface area contributed by atoms with Crippen molar-refractivity contribution in [2.24, 2.45) is 0 Å². The van der Waals surface area contributed by atoms with Gasteiger partial charge in [0, 0.05) is 16.0 Å². The molecule has 0 radical (unpaired) electrons. The molecule has 20 heavy (non-hydrogen) atoms. The highest BCUT2D eigenvalue weighted by molar-refractivity contribution is 7.98. The standard InChI is InChI=1S/C19H14S/c1-20-19-12-9-15(10-13-19)6-7-16-8-11-17-4-2-3-5-18(17)14-16/h2-5,8-14H,1H3. The van der Waals surface area contributed by atoms with Gasteiger partial charge in [-0.15, -0.1) is 11.8 Å². The molecule has 0 bridgehead atoms. The number of benzene rings is 3. The average molecular weight is 274 g/mol. The largest absolute Gasteiger partial charge is 0.130 e. The third kappa shape index (κ3) is 2.87. The second kappa shape index (κ2) is 5.86. The van der Waals surface area contributed by atoms with E-state index in [-0.39, 0.29) is 0 Å². The molecule has 1 heteroatoms. The van der Waals surface area contributed by atoms with E-state index in [1.54, 1.807) is 11.8 Å². The molecule has 0 atom stereocenters. The van der Waals surface area contributed by atoms with E-state index in [0.717, 1.165) is 11.1 Å². The summed E-state index contributed by atoms with van der Waals surface area (Å²) in [5, 5.41) is 2.49. The van der Waals surface area contributed by atoms with Gasteiger partial charge < -0.3 is 0 Å². The van der Waals surface area contributed by atoms with E-state index in [1.807, 2.05) is 0 Å². The fourth-order valence-electron chi connectivity index (χ4n) is 2.09. The van der Waals surface area contributed by atoms with Crippen LogP contribution in [0.2, 0.25) is 0 Å². The normalized spacial score (nSPS) is 10.1. The Labute approximate surface area is 123 Å². The number of hydrogen-bond donors (Lipinski definition) is 0. The van der Waals surface area contributed by atoms with Crippen molar-refractivity contribution in [1.82, 2.24) is 0 Å². The second-order valence-corrected chi connectivity index (χ2v) is 5.42. The van der Waals surface area contributed by atoms with Gasteiger partial charge in [0.15, 0.2) is 0 Å². The van der Waals surface area contributed by atoms with Gasteiger partial charge in [-0.2, -0.15) is 0 Å². The molecule has 0 aliphatic heterocycles. The summed E-state index contributed by atoms with van der Waals surface area (Å²) < 4.78 is 0. The summed E-state index contributed by atoms with van der Waals surface area (Å²) in [6.45, 7) is 0. The van der Waals surface area contributed by atoms with E-state index in [4.69, 9.17) is 0 Å². The van der Waals surface area contributed by atoms with Crippen molar-refractivity contribution in [3.8, 4) is 11.8 Å². The van der Waals surface area contributed by atoms with Crippen LogP contribution in [0.3, 0.4) is 0 Å². The van der Waals surface area contributed by atoms with Gasteiger partial charge in [-0.1, -0.05) is 42.2 Å². The highest BCUT2D eigenvalue weighted by atomic mass is 32.2. The predicted octanol–water partition coefficient (Wildman–Crippen LogP) is 4.96. The third-order valence-corrected chi connectivity index (χ3v) is 3.93. The molecule has 0 heterocycles. The predicted molar refractivity (Wildman–Crippen MR) is 88.2 cm³/mol. The molecule has 0 aliphatic rings. The first-order valence-corrected chi connectivity index (χ1v) is 7.72. The van der Waals surface area contributed by atoms with Crippen molar-refractivity contribution < 1.29 is 0 Å². The van der Waals surface area contributed by atoms with Crippen molar-refractivity contribution in [3.63, 3.8) is 0 Å². The van der Waals surface area contributed by atoms with Crippen molar-refractivity contribution >= 4 is 22.5 Å². The molecule has 3 aromatic carbocycles. The quantitative estimate of drug-likeness (QED) is 0.446. The lowest BCUT2D eigenvalue weighted by molar-refractivity contribution is 1.45. The van der Waals surface area contributed by atoms with E-state index < -0.39 is 0 Å². The van der Waals surface area contributed by atoms with Crippen molar-refractivity contribution in [2.75, 3.05) is 6.26 Å². The molecule has 0 saturated carbocycles. The van der Waals surface area contributed by atoms with E-state index >= 15 is 0 Å². The summed E-state index contributed by atoms with van der Waals surface area (Å²) in [4.78, 5) is 1.27. The Balaban J connectivity index is 1.90. The molecule has 0 spiro atoms. The minimum atomic E-state index is 1.05. The number of hydrogen-bond acceptors (Lipinski definition) is 1. The van der Waals surface area contributed by atoms with Crippen LogP contribution in [0.25, 0.3) is 10.8 Å². The number of rotatable bonds is 1. The summed E-state index contributed by atoms with van der Waals surface area (Å²) in [7, 11) is 0. The Bertz CT molecular complexity index is 789. The van der Waals surface area contributed by atoms with E-state index in [2.05, 4.69) is 84.8 Å². The molecule has 0 aromatic heterocycles. The van der Waals surface area contributed by atoms with Crippen LogP contribution in [0.15, 0.2) is 71.6 Å². The zero-order valence-corrected chi connectivity index (χ0v) is 12.1. The molecule has 0 aliphatic carbocycles. The van der Waals surface area contributed by atoms with Gasteiger partial charge in [0.25, 0.3) is 0 Å². The van der Waals surface area contributed by atoms with Crippen LogP contribution in [0.5, 0.6) is 0 Å². The smallest absolute Gasteiger partial charge is 0.0255 e. The van der Waals surface area contributed by atoms with Crippen LogP contribution < -0.4 is 0 Å². The van der Waals surface area contributed by atoms with Gasteiger partial charge in [-0.25, -0.2) is 0 Å². The van der Waals surface area contributed by atoms with Crippen LogP contribution in [-0.2, 0) is 0 Å². The van der Waals surface area contributed by atoms with Gasteiger partial charge in [0.1, 0.15) is 0 Å². The Morgan fingerprint density at radius 1 is 0.700 bits per heavy atom. The van der Waals surface area contributed by atoms with Gasteiger partial charge in [0.05, 0.1) is 0 Å². The highest BCUT2D eigenvalue weighted by Gasteiger charge is 1.93. The summed E-state index contributed by atoms with van der Waals surface area (Å²) in [6.07, 6.45) is 2.08. The fraction of sp³-hybridized carbons (Fsp3) is 0.0526. The topological polar surface area (TPSA) is 0 Å². The fourth-order valence-corrected chi connectivity index (χ4v) is 2.49. The van der Waals surface area contributed by atoms with Gasteiger partial charge >= 0.3 is 0 Å². The van der Waals surface area contributed by atoms with E-state index in [1.165, 1.54) is 15.7 Å². The molecule has 3 aromatic rings. The van der Waals surface area contributed by atoms with Crippen LogP contribution >= 0.6 is 11.8 Å². The Morgan fingerprint density at radius 3 is 2.10 bits per heavy atom. The molecule has 0 amide bonds. The summed E-state index contributed by atoms with van der Waals surface area (Å²) >= 11 is 1.75. The van der Waals surface area contributed by atoms with Gasteiger partial charge in [-0.3, -0.25) is 0 Å². The first-order valence-electron chi connectivity index (χ1n) is 6.50. The van der Waals surface area contributed by atoms with Crippen molar-refractivity contribution in [2.45, 2.75) is 4.90 Å². The molecule has 0 fully saturated rings. The second-order valence-electron chi connectivity index (χ2n) is 4.54. The minimum absolute atomic E-state index is 1.05. The lowest BCUT2D eigenvalue weighted by atomic mass is 10.1. The molecular formula is C19H14S. The van der Waals surface area contributed by atoms with Crippen molar-refractivity contribution in [1.29, 1.82) is 0 Å². The first kappa shape index (κ1) is 12.8. The maximum Gasteiger partial charge on any atom is 0.0255 e. The number of thioether (sulfide) groups is 1. The van der Waals surface area contributed by atoms with Crippen LogP contribution in [-0.4, -0.2) is 6.26 Å². The summed E-state index contributed by atoms with van der Waals surface area (Å²) in [5.74, 6) is 6.45. The highest BCUT2D eigenvalue weighted by Crippen LogP contribution is 2.16. The van der Waals surface area contributed by atoms with E-state index in [9.17, 15) is 0 Å². The molecular weight excluding hydrogens is 260 g/mol. The molecule has 3 rings (SSSR count).